The number of benzene rings is 2. The van der Waals surface area contributed by atoms with Gasteiger partial charge in [0.05, 0.1) is 11.1 Å². The summed E-state index contributed by atoms with van der Waals surface area (Å²) in [5.74, 6) is -1.59. The average molecular weight is 513 g/mol. The van der Waals surface area contributed by atoms with E-state index in [4.69, 9.17) is 23.2 Å². The fourth-order valence-electron chi connectivity index (χ4n) is 3.37. The van der Waals surface area contributed by atoms with E-state index >= 15 is 0 Å². The highest BCUT2D eigenvalue weighted by Crippen LogP contribution is 2.16. The molecule has 2 aromatic carbocycles. The fraction of sp³-hybridized carbons (Fsp3) is 0.231. The number of amides is 3. The highest BCUT2D eigenvalue weighted by Gasteiger charge is 2.26. The van der Waals surface area contributed by atoms with Gasteiger partial charge in [0, 0.05) is 35.5 Å². The molecular weight excluding hydrogens is 487 g/mol. The van der Waals surface area contributed by atoms with Gasteiger partial charge < -0.3 is 16.0 Å². The van der Waals surface area contributed by atoms with Gasteiger partial charge in [0.2, 0.25) is 5.91 Å². The summed E-state index contributed by atoms with van der Waals surface area (Å²) < 4.78 is 0. The fourth-order valence-corrected chi connectivity index (χ4v) is 3.78. The van der Waals surface area contributed by atoms with Crippen LogP contribution in [0.5, 0.6) is 0 Å². The average Bonchev–Trinajstić information content (AvgIpc) is 2.85. The van der Waals surface area contributed by atoms with Crippen molar-refractivity contribution in [3.05, 3.63) is 99.3 Å². The van der Waals surface area contributed by atoms with Crippen LogP contribution in [0.15, 0.2) is 67.0 Å². The van der Waals surface area contributed by atoms with Gasteiger partial charge in [0.15, 0.2) is 0 Å². The quantitative estimate of drug-likeness (QED) is 0.395. The molecule has 1 heterocycles. The van der Waals surface area contributed by atoms with Gasteiger partial charge in [-0.25, -0.2) is 0 Å². The van der Waals surface area contributed by atoms with Gasteiger partial charge in [-0.15, -0.1) is 0 Å². The first-order valence-corrected chi connectivity index (χ1v) is 11.8. The first kappa shape index (κ1) is 26.2. The lowest BCUT2D eigenvalue weighted by Gasteiger charge is -2.22. The van der Waals surface area contributed by atoms with Crippen molar-refractivity contribution >= 4 is 40.9 Å². The molecule has 0 aliphatic carbocycles. The standard InChI is InChI=1S/C26H26Cl2N4O3/c1-16(2)23(26(35)31-14-18-8-4-6-10-22(18)28)32-25(34)19-11-12-29-15-20(19)24(33)30-13-17-7-3-5-9-21(17)27/h3-12,15-16,23H,13-14H2,1-2H3,(H,30,33)(H,31,35)(H,32,34)/t23-/m1/s1. The second-order valence-electron chi connectivity index (χ2n) is 8.20. The monoisotopic (exact) mass is 512 g/mol. The minimum Gasteiger partial charge on any atom is -0.350 e. The second kappa shape index (κ2) is 12.3. The highest BCUT2D eigenvalue weighted by molar-refractivity contribution is 6.31. The van der Waals surface area contributed by atoms with Gasteiger partial charge >= 0.3 is 0 Å². The van der Waals surface area contributed by atoms with Crippen LogP contribution < -0.4 is 16.0 Å². The Balaban J connectivity index is 1.69. The molecule has 0 bridgehead atoms. The molecule has 0 aliphatic rings. The molecule has 182 valence electrons. The second-order valence-corrected chi connectivity index (χ2v) is 9.01. The number of nitrogens with zero attached hydrogens (tertiary/aromatic N) is 1. The van der Waals surface area contributed by atoms with E-state index in [1.54, 1.807) is 24.3 Å². The maximum Gasteiger partial charge on any atom is 0.253 e. The lowest BCUT2D eigenvalue weighted by atomic mass is 10.0. The summed E-state index contributed by atoms with van der Waals surface area (Å²) in [5, 5.41) is 9.40. The van der Waals surface area contributed by atoms with E-state index in [0.717, 1.165) is 11.1 Å². The molecule has 3 N–H and O–H groups in total. The van der Waals surface area contributed by atoms with Crippen LogP contribution in [0.1, 0.15) is 45.7 Å². The van der Waals surface area contributed by atoms with Gasteiger partial charge in [-0.3, -0.25) is 19.4 Å². The number of aromatic nitrogens is 1. The van der Waals surface area contributed by atoms with Gasteiger partial charge in [0.1, 0.15) is 6.04 Å². The number of carbonyl (C=O) groups is 3. The number of halogens is 2. The molecule has 0 unspecified atom stereocenters. The van der Waals surface area contributed by atoms with Crippen LogP contribution in [0.25, 0.3) is 0 Å². The molecular formula is C26H26Cl2N4O3. The SMILES string of the molecule is CC(C)[C@@H](NC(=O)c1ccncc1C(=O)NCc1ccccc1Cl)C(=O)NCc1ccccc1Cl. The number of rotatable bonds is 9. The van der Waals surface area contributed by atoms with Crippen molar-refractivity contribution in [1.82, 2.24) is 20.9 Å². The van der Waals surface area contributed by atoms with Crippen LogP contribution >= 0.6 is 23.2 Å². The highest BCUT2D eigenvalue weighted by atomic mass is 35.5. The smallest absolute Gasteiger partial charge is 0.253 e. The molecule has 3 rings (SSSR count). The Morgan fingerprint density at radius 2 is 1.37 bits per heavy atom. The van der Waals surface area contributed by atoms with Crippen LogP contribution in [0.4, 0.5) is 0 Å². The molecule has 9 heteroatoms. The minimum atomic E-state index is -0.822. The van der Waals surface area contributed by atoms with Crippen molar-refractivity contribution in [3.63, 3.8) is 0 Å². The van der Waals surface area contributed by atoms with E-state index in [0.29, 0.717) is 10.0 Å². The summed E-state index contributed by atoms with van der Waals surface area (Å²) in [6.07, 6.45) is 2.74. The first-order chi connectivity index (χ1) is 16.8. The number of carbonyl (C=O) groups excluding carboxylic acids is 3. The van der Waals surface area contributed by atoms with Crippen molar-refractivity contribution in [3.8, 4) is 0 Å². The molecule has 0 spiro atoms. The van der Waals surface area contributed by atoms with Crippen LogP contribution in [-0.2, 0) is 17.9 Å². The Kier molecular flexibility index (Phi) is 9.23. The molecule has 35 heavy (non-hydrogen) atoms. The molecule has 3 aromatic rings. The molecule has 1 aromatic heterocycles. The topological polar surface area (TPSA) is 100 Å². The molecule has 0 radical (unpaired) electrons. The van der Waals surface area contributed by atoms with E-state index in [-0.39, 0.29) is 36.0 Å². The van der Waals surface area contributed by atoms with Gasteiger partial charge in [-0.05, 0) is 35.2 Å². The third-order valence-electron chi connectivity index (χ3n) is 5.35. The zero-order valence-electron chi connectivity index (χ0n) is 19.3. The van der Waals surface area contributed by atoms with Crippen molar-refractivity contribution in [1.29, 1.82) is 0 Å². The van der Waals surface area contributed by atoms with Gasteiger partial charge in [-0.2, -0.15) is 0 Å². The predicted molar refractivity (Wildman–Crippen MR) is 136 cm³/mol. The first-order valence-electron chi connectivity index (χ1n) is 11.1. The summed E-state index contributed by atoms with van der Waals surface area (Å²) in [5.41, 5.74) is 1.72. The summed E-state index contributed by atoms with van der Waals surface area (Å²) in [7, 11) is 0. The van der Waals surface area contributed by atoms with Crippen LogP contribution in [0, 0.1) is 5.92 Å². The van der Waals surface area contributed by atoms with E-state index < -0.39 is 17.9 Å². The summed E-state index contributed by atoms with van der Waals surface area (Å²) in [6.45, 7) is 4.06. The molecule has 0 saturated carbocycles. The molecule has 1 atom stereocenters. The van der Waals surface area contributed by atoms with Gasteiger partial charge in [0.25, 0.3) is 11.8 Å². The summed E-state index contributed by atoms with van der Waals surface area (Å²) in [6, 6.07) is 15.0. The van der Waals surface area contributed by atoms with Crippen molar-refractivity contribution < 1.29 is 14.4 Å². The zero-order chi connectivity index (χ0) is 25.4. The zero-order valence-corrected chi connectivity index (χ0v) is 20.9. The Hall–Kier alpha value is -3.42. The predicted octanol–water partition coefficient (Wildman–Crippen LogP) is 4.39. The molecule has 0 aliphatic heterocycles. The number of pyridine rings is 1. The third-order valence-corrected chi connectivity index (χ3v) is 6.09. The minimum absolute atomic E-state index is 0.0936. The van der Waals surface area contributed by atoms with E-state index in [1.165, 1.54) is 18.5 Å². The summed E-state index contributed by atoms with van der Waals surface area (Å²) in [4.78, 5) is 42.8. The molecule has 7 nitrogen and oxygen atoms in total. The van der Waals surface area contributed by atoms with Crippen LogP contribution in [0.2, 0.25) is 10.0 Å². The molecule has 0 fully saturated rings. The molecule has 3 amide bonds. The van der Waals surface area contributed by atoms with Crippen molar-refractivity contribution in [2.45, 2.75) is 33.0 Å². The van der Waals surface area contributed by atoms with Crippen LogP contribution in [0.3, 0.4) is 0 Å². The number of hydrogen-bond acceptors (Lipinski definition) is 4. The van der Waals surface area contributed by atoms with E-state index in [1.807, 2.05) is 38.1 Å². The van der Waals surface area contributed by atoms with E-state index in [9.17, 15) is 14.4 Å². The Bertz CT molecular complexity index is 1220. The number of hydrogen-bond donors (Lipinski definition) is 3. The maximum atomic E-state index is 13.1. The normalized spacial score (nSPS) is 11.6. The third kappa shape index (κ3) is 7.04. The van der Waals surface area contributed by atoms with Gasteiger partial charge in [-0.1, -0.05) is 73.4 Å². The lowest BCUT2D eigenvalue weighted by molar-refractivity contribution is -0.124. The Labute approximate surface area is 214 Å². The molecule has 0 saturated heterocycles. The van der Waals surface area contributed by atoms with Crippen molar-refractivity contribution in [2.24, 2.45) is 5.92 Å². The summed E-state index contributed by atoms with van der Waals surface area (Å²) >= 11 is 12.3. The Morgan fingerprint density at radius 3 is 1.94 bits per heavy atom. The maximum absolute atomic E-state index is 13.1. The van der Waals surface area contributed by atoms with Crippen LogP contribution in [-0.4, -0.2) is 28.7 Å². The number of nitrogens with one attached hydrogen (secondary N) is 3. The lowest BCUT2D eigenvalue weighted by Crippen LogP contribution is -2.49. The largest absolute Gasteiger partial charge is 0.350 e. The Morgan fingerprint density at radius 1 is 0.800 bits per heavy atom. The van der Waals surface area contributed by atoms with Crippen molar-refractivity contribution in [2.75, 3.05) is 0 Å². The van der Waals surface area contributed by atoms with E-state index in [2.05, 4.69) is 20.9 Å².